The molecule has 0 bridgehead atoms. The first-order valence-corrected chi connectivity index (χ1v) is 8.16. The Kier molecular flexibility index (Phi) is 12.4. The molecule has 0 aromatic heterocycles. The smallest absolute Gasteiger partial charge is 0.438 e. The van der Waals surface area contributed by atoms with Gasteiger partial charge in [0.2, 0.25) is 12.6 Å². The molecule has 26 heavy (non-hydrogen) atoms. The maximum Gasteiger partial charge on any atom is 0.511 e. The second-order valence-corrected chi connectivity index (χ2v) is 5.17. The third kappa shape index (κ3) is 12.8. The van der Waals surface area contributed by atoms with Crippen LogP contribution in [0.5, 0.6) is 0 Å². The van der Waals surface area contributed by atoms with Crippen molar-refractivity contribution in [3.63, 3.8) is 0 Å². The van der Waals surface area contributed by atoms with E-state index in [0.29, 0.717) is 25.7 Å². The quantitative estimate of drug-likeness (QED) is 0.229. The number of hydrogen-bond acceptors (Lipinski definition) is 10. The minimum absolute atomic E-state index is 0.170. The molecule has 0 saturated carbocycles. The van der Waals surface area contributed by atoms with E-state index in [-0.39, 0.29) is 12.8 Å². The third-order valence-corrected chi connectivity index (χ3v) is 2.96. The van der Waals surface area contributed by atoms with Crippen molar-refractivity contribution in [1.82, 2.24) is 0 Å². The van der Waals surface area contributed by atoms with Crippen molar-refractivity contribution in [3.8, 4) is 0 Å². The van der Waals surface area contributed by atoms with Crippen molar-refractivity contribution in [2.24, 2.45) is 0 Å². The summed E-state index contributed by atoms with van der Waals surface area (Å²) < 4.78 is 27.5. The molecule has 0 radical (unpaired) electrons. The molecule has 0 rings (SSSR count). The molecule has 0 amide bonds. The lowest BCUT2D eigenvalue weighted by molar-refractivity contribution is -0.169. The number of rotatable bonds is 11. The minimum atomic E-state index is -1.01. The highest BCUT2D eigenvalue weighted by Gasteiger charge is 2.15. The number of esters is 2. The van der Waals surface area contributed by atoms with Gasteiger partial charge in [-0.3, -0.25) is 9.59 Å². The molecule has 150 valence electrons. The molecule has 10 nitrogen and oxygen atoms in total. The van der Waals surface area contributed by atoms with Gasteiger partial charge in [0, 0.05) is 26.7 Å². The Hall–Kier alpha value is -2.52. The number of ether oxygens (including phenoxy) is 6. The molecule has 0 aliphatic heterocycles. The van der Waals surface area contributed by atoms with Gasteiger partial charge >= 0.3 is 24.2 Å². The number of methoxy groups -OCH3 is 2. The maximum atomic E-state index is 11.5. The third-order valence-electron chi connectivity index (χ3n) is 2.96. The van der Waals surface area contributed by atoms with E-state index < -0.39 is 36.8 Å². The van der Waals surface area contributed by atoms with Crippen LogP contribution in [0.15, 0.2) is 0 Å². The lowest BCUT2D eigenvalue weighted by Gasteiger charge is -2.13. The predicted octanol–water partition coefficient (Wildman–Crippen LogP) is 2.67. The van der Waals surface area contributed by atoms with Crippen LogP contribution < -0.4 is 0 Å². The van der Waals surface area contributed by atoms with E-state index in [9.17, 15) is 19.2 Å². The number of hydrogen-bond donors (Lipinski definition) is 0. The SMILES string of the molecule is COC(=O)OC(C)OC(=O)CCCCCCC(=O)OC(C)OC(=O)OC. The highest BCUT2D eigenvalue weighted by molar-refractivity contribution is 5.70. The van der Waals surface area contributed by atoms with Crippen LogP contribution in [0, 0.1) is 0 Å². The van der Waals surface area contributed by atoms with Gasteiger partial charge in [-0.25, -0.2) is 9.59 Å². The number of carbonyl (C=O) groups is 4. The summed E-state index contributed by atoms with van der Waals surface area (Å²) in [5.74, 6) is -0.982. The molecule has 0 aromatic carbocycles. The fourth-order valence-electron chi connectivity index (χ4n) is 1.80. The Morgan fingerprint density at radius 1 is 0.615 bits per heavy atom. The van der Waals surface area contributed by atoms with Gasteiger partial charge < -0.3 is 28.4 Å². The van der Waals surface area contributed by atoms with E-state index in [1.54, 1.807) is 0 Å². The van der Waals surface area contributed by atoms with E-state index in [1.807, 2.05) is 0 Å². The summed E-state index contributed by atoms with van der Waals surface area (Å²) >= 11 is 0. The van der Waals surface area contributed by atoms with Gasteiger partial charge in [0.1, 0.15) is 0 Å². The van der Waals surface area contributed by atoms with Crippen molar-refractivity contribution in [2.75, 3.05) is 14.2 Å². The second-order valence-electron chi connectivity index (χ2n) is 5.17. The van der Waals surface area contributed by atoms with Crippen LogP contribution in [-0.2, 0) is 38.0 Å². The summed E-state index contributed by atoms with van der Waals surface area (Å²) in [6.45, 7) is 2.82. The Labute approximate surface area is 152 Å². The molecule has 2 atom stereocenters. The zero-order valence-corrected chi connectivity index (χ0v) is 15.5. The van der Waals surface area contributed by atoms with Crippen LogP contribution in [0.3, 0.4) is 0 Å². The maximum absolute atomic E-state index is 11.5. The topological polar surface area (TPSA) is 124 Å². The van der Waals surface area contributed by atoms with Gasteiger partial charge in [-0.1, -0.05) is 12.8 Å². The number of unbranched alkanes of at least 4 members (excludes halogenated alkanes) is 3. The minimum Gasteiger partial charge on any atom is -0.438 e. The molecular formula is C16H26O10. The molecule has 0 N–H and O–H groups in total. The summed E-state index contributed by atoms with van der Waals surface area (Å²) in [6.07, 6.45) is -0.982. The standard InChI is InChI=1S/C16H26O10/c1-11(25-15(19)21-3)23-13(17)9-7-5-6-8-10-14(18)24-12(2)26-16(20)22-4/h11-12H,5-10H2,1-4H3. The molecular weight excluding hydrogens is 352 g/mol. The fraction of sp³-hybridized carbons (Fsp3) is 0.750. The summed E-state index contributed by atoms with van der Waals surface area (Å²) in [5.41, 5.74) is 0. The van der Waals surface area contributed by atoms with Crippen LogP contribution in [0.25, 0.3) is 0 Å². The Balaban J connectivity index is 3.68. The fourth-order valence-corrected chi connectivity index (χ4v) is 1.80. The highest BCUT2D eigenvalue weighted by atomic mass is 16.8. The molecule has 0 aliphatic carbocycles. The zero-order chi connectivity index (χ0) is 19.9. The van der Waals surface area contributed by atoms with Crippen molar-refractivity contribution in [1.29, 1.82) is 0 Å². The van der Waals surface area contributed by atoms with Crippen LogP contribution in [-0.4, -0.2) is 51.0 Å². The second kappa shape index (κ2) is 13.7. The summed E-state index contributed by atoms with van der Waals surface area (Å²) in [4.78, 5) is 44.7. The Bertz CT molecular complexity index is 420. The van der Waals surface area contributed by atoms with Crippen molar-refractivity contribution in [2.45, 2.75) is 65.0 Å². The number of carbonyl (C=O) groups excluding carboxylic acids is 4. The predicted molar refractivity (Wildman–Crippen MR) is 85.8 cm³/mol. The van der Waals surface area contributed by atoms with E-state index in [4.69, 9.17) is 9.47 Å². The van der Waals surface area contributed by atoms with Crippen LogP contribution in [0.2, 0.25) is 0 Å². The van der Waals surface area contributed by atoms with E-state index in [2.05, 4.69) is 18.9 Å². The molecule has 2 unspecified atom stereocenters. The van der Waals surface area contributed by atoms with Crippen LogP contribution in [0.1, 0.15) is 52.4 Å². The molecule has 0 spiro atoms. The molecule has 0 aliphatic rings. The van der Waals surface area contributed by atoms with Gasteiger partial charge in [0.25, 0.3) is 0 Å². The van der Waals surface area contributed by atoms with Gasteiger partial charge in [-0.2, -0.15) is 0 Å². The van der Waals surface area contributed by atoms with E-state index in [1.165, 1.54) is 13.8 Å². The van der Waals surface area contributed by atoms with Gasteiger partial charge in [0.05, 0.1) is 14.2 Å². The van der Waals surface area contributed by atoms with Crippen LogP contribution >= 0.6 is 0 Å². The lowest BCUT2D eigenvalue weighted by atomic mass is 10.1. The Morgan fingerprint density at radius 2 is 0.962 bits per heavy atom. The van der Waals surface area contributed by atoms with Crippen molar-refractivity contribution < 1.29 is 47.6 Å². The summed E-state index contributed by atoms with van der Waals surface area (Å²) in [6, 6.07) is 0. The first-order valence-electron chi connectivity index (χ1n) is 8.16. The Morgan fingerprint density at radius 3 is 1.27 bits per heavy atom. The average molecular weight is 378 g/mol. The summed E-state index contributed by atoms with van der Waals surface area (Å²) in [5, 5.41) is 0. The van der Waals surface area contributed by atoms with Crippen molar-refractivity contribution >= 4 is 24.2 Å². The lowest BCUT2D eigenvalue weighted by Crippen LogP contribution is -2.21. The first-order chi connectivity index (χ1) is 12.3. The summed E-state index contributed by atoms with van der Waals surface area (Å²) in [7, 11) is 2.30. The van der Waals surface area contributed by atoms with Crippen LogP contribution in [0.4, 0.5) is 9.59 Å². The van der Waals surface area contributed by atoms with E-state index in [0.717, 1.165) is 14.2 Å². The monoisotopic (exact) mass is 378 g/mol. The van der Waals surface area contributed by atoms with Gasteiger partial charge in [-0.15, -0.1) is 0 Å². The first kappa shape index (κ1) is 23.5. The van der Waals surface area contributed by atoms with Gasteiger partial charge in [-0.05, 0) is 12.8 Å². The average Bonchev–Trinajstić information content (AvgIpc) is 2.57. The van der Waals surface area contributed by atoms with Gasteiger partial charge in [0.15, 0.2) is 0 Å². The highest BCUT2D eigenvalue weighted by Crippen LogP contribution is 2.09. The molecule has 0 fully saturated rings. The van der Waals surface area contributed by atoms with E-state index >= 15 is 0 Å². The molecule has 10 heteroatoms. The van der Waals surface area contributed by atoms with Crippen molar-refractivity contribution in [3.05, 3.63) is 0 Å². The normalized spacial score (nSPS) is 12.3. The molecule has 0 saturated heterocycles. The largest absolute Gasteiger partial charge is 0.511 e. The zero-order valence-electron chi connectivity index (χ0n) is 15.5. The molecule has 0 aromatic rings. The molecule has 0 heterocycles.